The summed E-state index contributed by atoms with van der Waals surface area (Å²) in [5.41, 5.74) is 5.25. The smallest absolute Gasteiger partial charge is 0.335 e. The number of sulfonamides is 1. The van der Waals surface area contributed by atoms with Crippen molar-refractivity contribution in [1.29, 1.82) is 0 Å². The van der Waals surface area contributed by atoms with Crippen molar-refractivity contribution in [2.24, 2.45) is 0 Å². The average Bonchev–Trinajstić information content (AvgIpc) is 3.43. The molecule has 4 aromatic carbocycles. The van der Waals surface area contributed by atoms with Crippen LogP contribution in [0.1, 0.15) is 59.6 Å². The molecular formula is C42H47ClN4O6S. The zero-order valence-corrected chi connectivity index (χ0v) is 32.4. The summed E-state index contributed by atoms with van der Waals surface area (Å²) in [5, 5.41) is 10.8. The Morgan fingerprint density at radius 1 is 0.889 bits per heavy atom. The van der Waals surface area contributed by atoms with Gasteiger partial charge in [0.05, 0.1) is 24.0 Å². The van der Waals surface area contributed by atoms with Gasteiger partial charge in [0.2, 0.25) is 15.9 Å². The van der Waals surface area contributed by atoms with Crippen LogP contribution in [0.25, 0.3) is 10.9 Å². The number of nitrogens with zero attached hydrogens (tertiary/aromatic N) is 3. The number of carboxylic acids is 1. The van der Waals surface area contributed by atoms with Crippen LogP contribution in [0, 0.1) is 0 Å². The van der Waals surface area contributed by atoms with Crippen molar-refractivity contribution in [3.05, 3.63) is 136 Å². The molecule has 54 heavy (non-hydrogen) atoms. The molecule has 2 heterocycles. The van der Waals surface area contributed by atoms with E-state index in [0.29, 0.717) is 49.9 Å². The number of fused-ring (bicyclic) bond motifs is 1. The van der Waals surface area contributed by atoms with Gasteiger partial charge in [-0.05, 0) is 73.0 Å². The Balaban J connectivity index is 1.30. The third kappa shape index (κ3) is 9.15. The second-order valence-electron chi connectivity index (χ2n) is 14.0. The maximum Gasteiger partial charge on any atom is 0.335 e. The summed E-state index contributed by atoms with van der Waals surface area (Å²) in [6, 6.07) is 32.4. The first-order valence-corrected chi connectivity index (χ1v) is 20.3. The summed E-state index contributed by atoms with van der Waals surface area (Å²) < 4.78 is 38.3. The number of ether oxygens (including phenoxy) is 1. The molecule has 6 rings (SSSR count). The molecule has 1 fully saturated rings. The molecule has 0 saturated carbocycles. The van der Waals surface area contributed by atoms with Crippen molar-refractivity contribution in [3.8, 4) is 5.75 Å². The normalized spacial score (nSPS) is 16.6. The standard InChI is InChI=1S/C42H47ClN4O6S/c1-29-27-45(28-30(2)46(29)31(3)48)23-25-54(51,52)44-22-20-40-37(21-24-53-36-17-14-34(15-18-36)42(49)50)38-26-35(43)16-19-39(38)47(40)41(32-10-6-4-7-11-32)33-12-8-5-9-13-33/h4-19,26,29-30,41,44H,20-25,27-28H2,1-3H3,(H,49,50)/t29-,30+. The molecule has 0 aliphatic carbocycles. The summed E-state index contributed by atoms with van der Waals surface area (Å²) in [7, 11) is -3.63. The molecule has 1 aliphatic rings. The Morgan fingerprint density at radius 2 is 1.50 bits per heavy atom. The lowest BCUT2D eigenvalue weighted by Gasteiger charge is -2.44. The van der Waals surface area contributed by atoms with Crippen LogP contribution >= 0.6 is 11.6 Å². The van der Waals surface area contributed by atoms with E-state index in [0.717, 1.165) is 33.3 Å². The molecule has 284 valence electrons. The number of benzene rings is 4. The van der Waals surface area contributed by atoms with Crippen LogP contribution in [0.15, 0.2) is 103 Å². The summed E-state index contributed by atoms with van der Waals surface area (Å²) in [6.45, 7) is 7.67. The van der Waals surface area contributed by atoms with E-state index >= 15 is 0 Å². The number of aromatic nitrogens is 1. The molecule has 1 saturated heterocycles. The van der Waals surface area contributed by atoms with E-state index in [1.807, 2.05) is 73.3 Å². The van der Waals surface area contributed by atoms with Crippen molar-refractivity contribution < 1.29 is 27.9 Å². The van der Waals surface area contributed by atoms with E-state index < -0.39 is 16.0 Å². The van der Waals surface area contributed by atoms with Gasteiger partial charge in [0, 0.05) is 79.6 Å². The molecule has 0 unspecified atom stereocenters. The summed E-state index contributed by atoms with van der Waals surface area (Å²) >= 11 is 6.64. The molecule has 0 radical (unpaired) electrons. The highest BCUT2D eigenvalue weighted by Crippen LogP contribution is 2.38. The largest absolute Gasteiger partial charge is 0.493 e. The monoisotopic (exact) mass is 770 g/mol. The van der Waals surface area contributed by atoms with Gasteiger partial charge >= 0.3 is 5.97 Å². The molecule has 1 aliphatic heterocycles. The molecule has 5 aromatic rings. The predicted molar refractivity (Wildman–Crippen MR) is 213 cm³/mol. The fourth-order valence-electron chi connectivity index (χ4n) is 7.86. The highest BCUT2D eigenvalue weighted by molar-refractivity contribution is 7.89. The summed E-state index contributed by atoms with van der Waals surface area (Å²) in [5.74, 6) is -0.474. The molecule has 1 aromatic heterocycles. The molecule has 1 amide bonds. The Bertz CT molecular complexity index is 2130. The third-order valence-corrected chi connectivity index (χ3v) is 11.7. The van der Waals surface area contributed by atoms with Gasteiger partial charge in [-0.25, -0.2) is 17.9 Å². The van der Waals surface area contributed by atoms with Gasteiger partial charge in [0.25, 0.3) is 0 Å². The second-order valence-corrected chi connectivity index (χ2v) is 16.3. The van der Waals surface area contributed by atoms with Gasteiger partial charge in [-0.1, -0.05) is 72.3 Å². The van der Waals surface area contributed by atoms with E-state index in [4.69, 9.17) is 16.3 Å². The predicted octanol–water partition coefficient (Wildman–Crippen LogP) is 6.66. The lowest BCUT2D eigenvalue weighted by atomic mass is 9.97. The lowest BCUT2D eigenvalue weighted by Crippen LogP contribution is -2.58. The van der Waals surface area contributed by atoms with Crippen molar-refractivity contribution in [1.82, 2.24) is 19.1 Å². The third-order valence-electron chi connectivity index (χ3n) is 10.1. The van der Waals surface area contributed by atoms with E-state index in [1.54, 1.807) is 19.1 Å². The number of rotatable bonds is 15. The van der Waals surface area contributed by atoms with Crippen LogP contribution < -0.4 is 9.46 Å². The van der Waals surface area contributed by atoms with Gasteiger partial charge in [-0.2, -0.15) is 0 Å². The first kappa shape index (κ1) is 39.0. The van der Waals surface area contributed by atoms with E-state index in [1.165, 1.54) is 12.1 Å². The molecule has 12 heteroatoms. The number of piperazine rings is 1. The van der Waals surface area contributed by atoms with Crippen LogP contribution in [0.3, 0.4) is 0 Å². The molecule has 2 N–H and O–H groups in total. The Morgan fingerprint density at radius 3 is 2.07 bits per heavy atom. The van der Waals surface area contributed by atoms with Crippen LogP contribution in [0.5, 0.6) is 5.75 Å². The molecular weight excluding hydrogens is 724 g/mol. The highest BCUT2D eigenvalue weighted by Gasteiger charge is 2.32. The summed E-state index contributed by atoms with van der Waals surface area (Å²) in [4.78, 5) is 27.5. The van der Waals surface area contributed by atoms with Gasteiger partial charge in [0.15, 0.2) is 0 Å². The number of carboxylic acid groups (broad SMARTS) is 1. The fraction of sp³-hybridized carbons (Fsp3) is 0.333. The number of amides is 1. The number of hydrogen-bond acceptors (Lipinski definition) is 6. The van der Waals surface area contributed by atoms with Gasteiger partial charge < -0.3 is 19.3 Å². The van der Waals surface area contributed by atoms with E-state index in [2.05, 4.69) is 38.5 Å². The Hall–Kier alpha value is -4.68. The molecule has 2 atom stereocenters. The molecule has 0 spiro atoms. The summed E-state index contributed by atoms with van der Waals surface area (Å²) in [6.07, 6.45) is 0.890. The Labute approximate surface area is 322 Å². The average molecular weight is 771 g/mol. The van der Waals surface area contributed by atoms with E-state index in [-0.39, 0.29) is 41.9 Å². The first-order chi connectivity index (χ1) is 25.9. The van der Waals surface area contributed by atoms with Gasteiger partial charge in [-0.15, -0.1) is 0 Å². The number of aromatic carboxylic acids is 1. The van der Waals surface area contributed by atoms with Gasteiger partial charge in [0.1, 0.15) is 5.75 Å². The van der Waals surface area contributed by atoms with Crippen molar-refractivity contribution in [3.63, 3.8) is 0 Å². The SMILES string of the molecule is CC(=O)N1[C@H](C)CN(CCS(=O)(=O)NCCc2c(CCOc3ccc(C(=O)O)cc3)c3cc(Cl)ccc3n2C(c2ccccc2)c2ccccc2)C[C@@H]1C. The van der Waals surface area contributed by atoms with Crippen LogP contribution in [-0.4, -0.2) is 90.4 Å². The fourth-order valence-corrected chi connectivity index (χ4v) is 9.09. The van der Waals surface area contributed by atoms with Crippen molar-refractivity contribution >= 4 is 44.4 Å². The minimum atomic E-state index is -3.63. The zero-order chi connectivity index (χ0) is 38.4. The molecule has 10 nitrogen and oxygen atoms in total. The Kier molecular flexibility index (Phi) is 12.4. The second kappa shape index (κ2) is 17.2. The quantitative estimate of drug-likeness (QED) is 0.122. The number of carbonyl (C=O) groups excluding carboxylic acids is 1. The number of nitrogens with one attached hydrogen (secondary N) is 1. The van der Waals surface area contributed by atoms with Crippen molar-refractivity contribution in [2.75, 3.05) is 38.5 Å². The number of carbonyl (C=O) groups is 2. The lowest BCUT2D eigenvalue weighted by molar-refractivity contribution is -0.136. The van der Waals surface area contributed by atoms with Crippen LogP contribution in [0.2, 0.25) is 5.02 Å². The minimum absolute atomic E-state index is 0.00557. The first-order valence-electron chi connectivity index (χ1n) is 18.3. The highest BCUT2D eigenvalue weighted by atomic mass is 35.5. The number of halogens is 1. The van der Waals surface area contributed by atoms with Crippen LogP contribution in [0.4, 0.5) is 0 Å². The van der Waals surface area contributed by atoms with E-state index in [9.17, 15) is 23.1 Å². The minimum Gasteiger partial charge on any atom is -0.493 e. The zero-order valence-electron chi connectivity index (χ0n) is 30.8. The van der Waals surface area contributed by atoms with Crippen LogP contribution in [-0.2, 0) is 27.7 Å². The topological polar surface area (TPSA) is 121 Å². The van der Waals surface area contributed by atoms with Gasteiger partial charge in [-0.3, -0.25) is 9.69 Å². The molecule has 0 bridgehead atoms. The number of hydrogen-bond donors (Lipinski definition) is 2. The maximum atomic E-state index is 13.5. The maximum absolute atomic E-state index is 13.5. The van der Waals surface area contributed by atoms with Crippen molar-refractivity contribution in [2.45, 2.75) is 51.7 Å².